The molecule has 348 valence electrons. The molecular weight excluding hydrogens is 857 g/mol. The molecule has 17 heteroatoms. The van der Waals surface area contributed by atoms with Crippen LogP contribution in [0.15, 0.2) is 110 Å². The summed E-state index contributed by atoms with van der Waals surface area (Å²) in [6.45, 7) is 9.40. The fourth-order valence-corrected chi connectivity index (χ4v) is 7.78. The number of halogens is 2. The summed E-state index contributed by atoms with van der Waals surface area (Å²) in [5, 5.41) is 18.5. The molecular formula is C50H55BF2N8O6. The van der Waals surface area contributed by atoms with Crippen molar-refractivity contribution in [2.45, 2.75) is 76.9 Å². The minimum Gasteiger partial charge on any atom is -0.508 e. The van der Waals surface area contributed by atoms with Crippen LogP contribution in [0, 0.1) is 6.92 Å². The third-order valence-electron chi connectivity index (χ3n) is 11.4. The number of anilines is 2. The molecule has 14 nitrogen and oxygen atoms in total. The van der Waals surface area contributed by atoms with Gasteiger partial charge in [0.1, 0.15) is 11.6 Å². The Balaban J connectivity index is 0.00000240. The summed E-state index contributed by atoms with van der Waals surface area (Å²) in [7, 11) is 0. The standard InChI is InChI=1S/C48H50BF2N7O6.C2H5N/c1-3-35-36(28-56-44(53)41(35)30-15-17-34(59)18-16-30)33(27-52)10-5-4-6-13-40(60)54-24-7-8-25-55-45(61)32-12-9-11-31(26-32)42-29(2)14-21-39(57-42)58-46(62)47(22-23-47)38-20-19-37-43(49-38)64-48(50,51)63-37;1-2-3/h5,9-12,14-21,26-28,59H,3-4,6-8,13,22-25,52H2,1-2H3,(H2,53,56)(H,54,60)(H,55,61)(H,57,58,62);2H,1,3H2/b10-5-,33-27+;. The number of aryl methyl sites for hydroxylation is 1. The number of unbranched alkanes of at least 4 members (excludes halogenated alkanes) is 2. The zero-order chi connectivity index (χ0) is 48.1. The number of aromatic nitrogens is 2. The summed E-state index contributed by atoms with van der Waals surface area (Å²) in [6.07, 6.45) is 9.47. The molecule has 10 N–H and O–H groups in total. The monoisotopic (exact) mass is 912 g/mol. The molecule has 5 aromatic rings. The van der Waals surface area contributed by atoms with Crippen molar-refractivity contribution in [3.63, 3.8) is 0 Å². The van der Waals surface area contributed by atoms with Gasteiger partial charge in [0.05, 0.1) is 0 Å². The number of hydrogen-bond donors (Lipinski definition) is 7. The number of nitrogen functional groups attached to an aromatic ring is 1. The molecule has 0 bridgehead atoms. The van der Waals surface area contributed by atoms with Crippen molar-refractivity contribution in [1.29, 1.82) is 0 Å². The smallest absolute Gasteiger partial charge is 0.131 e. The van der Waals surface area contributed by atoms with Crippen LogP contribution in [-0.2, 0) is 21.4 Å². The quantitative estimate of drug-likeness (QED) is 0.0332. The maximum absolute atomic E-state index is 13.6. The van der Waals surface area contributed by atoms with Gasteiger partial charge in [-0.1, -0.05) is 37.8 Å². The minimum absolute atomic E-state index is 0.0441. The largest absolute Gasteiger partial charge is 0.508 e. The number of nitrogens with zero attached hydrogens (tertiary/aromatic N) is 2. The van der Waals surface area contributed by atoms with E-state index in [1.165, 1.54) is 25.4 Å². The first-order valence-electron chi connectivity index (χ1n) is 22.1. The Kier molecular flexibility index (Phi) is 16.1. The average molecular weight is 913 g/mol. The van der Waals surface area contributed by atoms with Gasteiger partial charge in [-0.15, -0.1) is 0 Å². The summed E-state index contributed by atoms with van der Waals surface area (Å²) in [5.41, 5.74) is 23.4. The number of amides is 3. The van der Waals surface area contributed by atoms with Gasteiger partial charge < -0.3 is 27.6 Å². The molecule has 2 aliphatic rings. The van der Waals surface area contributed by atoms with Crippen molar-refractivity contribution in [2.75, 3.05) is 24.1 Å². The molecule has 0 spiro atoms. The molecule has 1 fully saturated rings. The van der Waals surface area contributed by atoms with E-state index in [0.29, 0.717) is 98.4 Å². The van der Waals surface area contributed by atoms with Gasteiger partial charge in [0, 0.05) is 43.0 Å². The number of nitrogens with two attached hydrogens (primary N) is 3. The van der Waals surface area contributed by atoms with Crippen molar-refractivity contribution >= 4 is 41.8 Å². The van der Waals surface area contributed by atoms with Crippen LogP contribution in [0.3, 0.4) is 0 Å². The van der Waals surface area contributed by atoms with Crippen molar-refractivity contribution in [1.82, 2.24) is 20.6 Å². The maximum Gasteiger partial charge on any atom is 0.131 e. The van der Waals surface area contributed by atoms with Crippen molar-refractivity contribution in [3.05, 3.63) is 138 Å². The summed E-state index contributed by atoms with van der Waals surface area (Å²) in [5.74, 6) is 0.195. The van der Waals surface area contributed by atoms with E-state index in [4.69, 9.17) is 16.5 Å². The Morgan fingerprint density at radius 2 is 1.69 bits per heavy atom. The van der Waals surface area contributed by atoms with Gasteiger partial charge in [0.25, 0.3) is 0 Å². The van der Waals surface area contributed by atoms with Gasteiger partial charge in [-0.2, -0.15) is 0 Å². The van der Waals surface area contributed by atoms with Gasteiger partial charge >= 0.3 is 187 Å². The fraction of sp³-hybridized carbons (Fsp3) is 0.280. The predicted molar refractivity (Wildman–Crippen MR) is 257 cm³/mol. The van der Waals surface area contributed by atoms with Gasteiger partial charge in [-0.05, 0) is 67.1 Å². The molecule has 2 aromatic carbocycles. The number of phenolic OH excluding ortho intramolecular Hbond substituents is 1. The number of pyridine rings is 2. The number of carbonyl (C=O) groups excluding carboxylic acids is 3. The molecule has 4 heterocycles. The first kappa shape index (κ1) is 48.9. The third-order valence-corrected chi connectivity index (χ3v) is 11.4. The Morgan fingerprint density at radius 3 is 2.39 bits per heavy atom. The van der Waals surface area contributed by atoms with Crippen LogP contribution in [-0.4, -0.2) is 59.1 Å². The second-order valence-corrected chi connectivity index (χ2v) is 16.1. The van der Waals surface area contributed by atoms with Crippen LogP contribution >= 0.6 is 0 Å². The number of nitrogens with one attached hydrogen (secondary N) is 3. The summed E-state index contributed by atoms with van der Waals surface area (Å²) in [6, 6.07) is 20.4. The summed E-state index contributed by atoms with van der Waals surface area (Å²) >= 11 is 0. The number of benzene rings is 2. The van der Waals surface area contributed by atoms with Gasteiger partial charge in [-0.25, -0.2) is 4.98 Å². The zero-order valence-corrected chi connectivity index (χ0v) is 37.5. The van der Waals surface area contributed by atoms with E-state index in [0.717, 1.165) is 33.4 Å². The number of alkyl halides is 2. The molecule has 7 rings (SSSR count). The Morgan fingerprint density at radius 1 is 0.955 bits per heavy atom. The molecule has 3 aromatic heterocycles. The van der Waals surface area contributed by atoms with Gasteiger partial charge in [0.15, 0.2) is 0 Å². The van der Waals surface area contributed by atoms with Crippen LogP contribution < -0.4 is 42.6 Å². The Hall–Kier alpha value is -7.56. The Labute approximate surface area is 389 Å². The average Bonchev–Trinajstić information content (AvgIpc) is 4.06. The molecule has 3 amide bonds. The van der Waals surface area contributed by atoms with Crippen LogP contribution in [0.5, 0.6) is 17.1 Å². The van der Waals surface area contributed by atoms with E-state index in [1.54, 1.807) is 60.8 Å². The van der Waals surface area contributed by atoms with E-state index in [-0.39, 0.29) is 34.9 Å². The van der Waals surface area contributed by atoms with E-state index in [2.05, 4.69) is 42.7 Å². The SMILES string of the molecule is C=CN.CCc1c(C(/C=C\CCCC(=O)NCCCCNC(=O)c2cccc(-c3nc(NC(=O)C4(c5bc6c(cc5)OC(F)(F)O6)CC4)ccc3C)c2)=C/N)cnc(N)c1-c1ccc(O)cc1. The second-order valence-electron chi connectivity index (χ2n) is 16.1. The van der Waals surface area contributed by atoms with Crippen molar-refractivity contribution < 1.29 is 37.7 Å². The van der Waals surface area contributed by atoms with Crippen LogP contribution in [0.2, 0.25) is 0 Å². The second kappa shape index (κ2) is 22.1. The number of hydrogen-bond acceptors (Lipinski definition) is 11. The van der Waals surface area contributed by atoms with Crippen molar-refractivity contribution in [3.8, 4) is 39.5 Å². The van der Waals surface area contributed by atoms with Crippen LogP contribution in [0.25, 0.3) is 28.0 Å². The van der Waals surface area contributed by atoms with E-state index < -0.39 is 11.7 Å². The number of aromatic hydroxyl groups is 1. The fourth-order valence-electron chi connectivity index (χ4n) is 7.78. The predicted octanol–water partition coefficient (Wildman–Crippen LogP) is 7.74. The molecule has 0 atom stereocenters. The number of phenols is 1. The summed E-state index contributed by atoms with van der Waals surface area (Å²) in [4.78, 5) is 48.3. The number of ether oxygens (including phenoxy) is 2. The molecule has 1 saturated carbocycles. The third kappa shape index (κ3) is 12.2. The van der Waals surface area contributed by atoms with Gasteiger partial charge in [-0.3, -0.25) is 4.79 Å². The number of carbonyl (C=O) groups is 3. The van der Waals surface area contributed by atoms with Crippen molar-refractivity contribution in [2.24, 2.45) is 11.5 Å². The van der Waals surface area contributed by atoms with E-state index in [1.807, 2.05) is 38.1 Å². The van der Waals surface area contributed by atoms with E-state index >= 15 is 0 Å². The van der Waals surface area contributed by atoms with Crippen LogP contribution in [0.4, 0.5) is 20.4 Å². The normalized spacial score (nSPS) is 14.1. The zero-order valence-electron chi connectivity index (χ0n) is 37.5. The molecule has 0 radical (unpaired) electrons. The number of fused-ring (bicyclic) bond motifs is 1. The topological polar surface area (TPSA) is 230 Å². The molecule has 1 aliphatic heterocycles. The first-order valence-corrected chi connectivity index (χ1v) is 22.1. The molecule has 0 unspecified atom stereocenters. The van der Waals surface area contributed by atoms with Gasteiger partial charge in [0.2, 0.25) is 5.91 Å². The molecule has 67 heavy (non-hydrogen) atoms. The molecule has 0 saturated heterocycles. The van der Waals surface area contributed by atoms with E-state index in [9.17, 15) is 28.3 Å². The van der Waals surface area contributed by atoms with Crippen LogP contribution in [0.1, 0.15) is 84.4 Å². The maximum atomic E-state index is 13.6. The Bertz CT molecular complexity index is 2670. The number of rotatable bonds is 18. The first-order chi connectivity index (χ1) is 32.2. The number of allylic oxidation sites excluding steroid dienone is 3. The summed E-state index contributed by atoms with van der Waals surface area (Å²) < 4.78 is 36.3. The molecule has 1 aliphatic carbocycles. The minimum atomic E-state index is -3.75.